The fourth-order valence-corrected chi connectivity index (χ4v) is 0.590. The molecule has 13 heavy (non-hydrogen) atoms. The fraction of sp³-hybridized carbons (Fsp3) is 0.100. The van der Waals surface area contributed by atoms with Crippen molar-refractivity contribution in [1.82, 2.24) is 9.97 Å². The molecule has 0 bridgehead atoms. The molecule has 2 heterocycles. The van der Waals surface area contributed by atoms with Crippen molar-refractivity contribution >= 4 is 0 Å². The van der Waals surface area contributed by atoms with E-state index in [4.69, 9.17) is 5.11 Å². The Morgan fingerprint density at radius 2 is 1.38 bits per heavy atom. The predicted octanol–water partition coefficient (Wildman–Crippen LogP) is 1.70. The highest BCUT2D eigenvalue weighted by Gasteiger charge is 1.58. The van der Waals surface area contributed by atoms with E-state index in [1.165, 1.54) is 0 Å². The number of aromatic nitrogens is 2. The molecule has 0 fully saturated rings. The molecule has 3 heteroatoms. The molecule has 0 saturated carbocycles. The maximum Gasteiger partial charge on any atom is 0.0319 e. The first-order valence-electron chi connectivity index (χ1n) is 3.87. The van der Waals surface area contributed by atoms with E-state index in [1.54, 1.807) is 12.4 Å². The molecule has 0 aliphatic carbocycles. The third-order valence-corrected chi connectivity index (χ3v) is 1.06. The van der Waals surface area contributed by atoms with Gasteiger partial charge in [0.1, 0.15) is 0 Å². The summed E-state index contributed by atoms with van der Waals surface area (Å²) in [6.45, 7) is 0. The van der Waals surface area contributed by atoms with Gasteiger partial charge in [-0.3, -0.25) is 4.98 Å². The molecule has 0 radical (unpaired) electrons. The van der Waals surface area contributed by atoms with Crippen LogP contribution in [0, 0.1) is 0 Å². The maximum absolute atomic E-state index is 7.00. The van der Waals surface area contributed by atoms with Gasteiger partial charge in [0.15, 0.2) is 0 Å². The van der Waals surface area contributed by atoms with Gasteiger partial charge in [0.05, 0.1) is 0 Å². The van der Waals surface area contributed by atoms with Crippen molar-refractivity contribution in [3.8, 4) is 0 Å². The lowest BCUT2D eigenvalue weighted by molar-refractivity contribution is 0.399. The summed E-state index contributed by atoms with van der Waals surface area (Å²) in [6, 6.07) is 9.60. The van der Waals surface area contributed by atoms with E-state index >= 15 is 0 Å². The maximum atomic E-state index is 7.00. The third-order valence-electron chi connectivity index (χ3n) is 1.06. The number of H-pyrrole nitrogens is 1. The number of aromatic amines is 1. The molecule has 70 valence electrons. The third kappa shape index (κ3) is 8.29. The molecule has 0 atom stereocenters. The number of rotatable bonds is 0. The zero-order chi connectivity index (χ0) is 9.78. The first-order chi connectivity index (χ1) is 6.50. The number of nitrogens with zero attached hydrogens (tertiary/aromatic N) is 1. The van der Waals surface area contributed by atoms with Crippen molar-refractivity contribution in [3.05, 3.63) is 55.1 Å². The topological polar surface area (TPSA) is 48.9 Å². The van der Waals surface area contributed by atoms with Crippen LogP contribution in [-0.2, 0) is 0 Å². The molecule has 2 aromatic heterocycles. The van der Waals surface area contributed by atoms with Crippen LogP contribution in [0.1, 0.15) is 0 Å². The standard InChI is InChI=1S/C5H5N.C4H5N.CH4O/c1-2-4-6-5-3-1;1-2-4-5-3-1;1-2/h1-5H;1-5H;2H,1H3. The minimum Gasteiger partial charge on any atom is -0.400 e. The molecule has 0 aliphatic rings. The highest BCUT2D eigenvalue weighted by Crippen LogP contribution is 1.73. The normalized spacial score (nSPS) is 7.23. The molecule has 0 amide bonds. The molecule has 0 aromatic carbocycles. The minimum absolute atomic E-state index is 1.00. The number of hydrogen-bond donors (Lipinski definition) is 2. The molecule has 2 aromatic rings. The summed E-state index contributed by atoms with van der Waals surface area (Å²) in [7, 11) is 1.00. The fourth-order valence-electron chi connectivity index (χ4n) is 0.590. The van der Waals surface area contributed by atoms with Gasteiger partial charge in [-0.05, 0) is 24.3 Å². The summed E-state index contributed by atoms with van der Waals surface area (Å²) in [5, 5.41) is 7.00. The van der Waals surface area contributed by atoms with Gasteiger partial charge in [0, 0.05) is 31.9 Å². The van der Waals surface area contributed by atoms with Crippen LogP contribution in [-0.4, -0.2) is 22.2 Å². The van der Waals surface area contributed by atoms with E-state index in [9.17, 15) is 0 Å². The largest absolute Gasteiger partial charge is 0.400 e. The SMILES string of the molecule is CO.c1cc[nH]c1.c1ccncc1. The summed E-state index contributed by atoms with van der Waals surface area (Å²) in [4.78, 5) is 6.65. The molecule has 0 spiro atoms. The first-order valence-corrected chi connectivity index (χ1v) is 3.87. The summed E-state index contributed by atoms with van der Waals surface area (Å²) < 4.78 is 0. The smallest absolute Gasteiger partial charge is 0.0319 e. The number of aliphatic hydroxyl groups is 1. The quantitative estimate of drug-likeness (QED) is 0.645. The summed E-state index contributed by atoms with van der Waals surface area (Å²) in [5.74, 6) is 0. The van der Waals surface area contributed by atoms with E-state index in [1.807, 2.05) is 42.7 Å². The average molecular weight is 178 g/mol. The van der Waals surface area contributed by atoms with E-state index < -0.39 is 0 Å². The Labute approximate surface area is 78.1 Å². The van der Waals surface area contributed by atoms with Crippen LogP contribution in [0.2, 0.25) is 0 Å². The number of aliphatic hydroxyl groups excluding tert-OH is 1. The second-order valence-corrected chi connectivity index (χ2v) is 1.91. The Bertz CT molecular complexity index is 199. The van der Waals surface area contributed by atoms with Crippen molar-refractivity contribution in [2.45, 2.75) is 0 Å². The van der Waals surface area contributed by atoms with E-state index in [-0.39, 0.29) is 0 Å². The molecule has 2 N–H and O–H groups in total. The summed E-state index contributed by atoms with van der Waals surface area (Å²) in [6.07, 6.45) is 7.25. The van der Waals surface area contributed by atoms with Gasteiger partial charge in [0.25, 0.3) is 0 Å². The summed E-state index contributed by atoms with van der Waals surface area (Å²) >= 11 is 0. The molecule has 2 rings (SSSR count). The Morgan fingerprint density at radius 1 is 0.846 bits per heavy atom. The first kappa shape index (κ1) is 11.4. The van der Waals surface area contributed by atoms with Gasteiger partial charge in [-0.1, -0.05) is 6.07 Å². The number of hydrogen-bond acceptors (Lipinski definition) is 2. The van der Waals surface area contributed by atoms with Crippen LogP contribution in [0.25, 0.3) is 0 Å². The van der Waals surface area contributed by atoms with Crippen molar-refractivity contribution in [1.29, 1.82) is 0 Å². The highest BCUT2D eigenvalue weighted by atomic mass is 16.2. The molecular formula is C10H14N2O. The van der Waals surface area contributed by atoms with Crippen LogP contribution >= 0.6 is 0 Å². The van der Waals surface area contributed by atoms with E-state index in [2.05, 4.69) is 9.97 Å². The monoisotopic (exact) mass is 178 g/mol. The van der Waals surface area contributed by atoms with Crippen LogP contribution in [0.15, 0.2) is 55.1 Å². The lowest BCUT2D eigenvalue weighted by Gasteiger charge is -1.70. The van der Waals surface area contributed by atoms with Gasteiger partial charge < -0.3 is 10.1 Å². The number of nitrogens with one attached hydrogen (secondary N) is 1. The van der Waals surface area contributed by atoms with Crippen LogP contribution < -0.4 is 0 Å². The lowest BCUT2D eigenvalue weighted by atomic mass is 10.5. The van der Waals surface area contributed by atoms with Gasteiger partial charge >= 0.3 is 0 Å². The van der Waals surface area contributed by atoms with Crippen molar-refractivity contribution < 1.29 is 5.11 Å². The van der Waals surface area contributed by atoms with Crippen LogP contribution in [0.3, 0.4) is 0 Å². The Balaban J connectivity index is 0.000000189. The van der Waals surface area contributed by atoms with E-state index in [0.29, 0.717) is 0 Å². The highest BCUT2D eigenvalue weighted by molar-refractivity contribution is 4.88. The summed E-state index contributed by atoms with van der Waals surface area (Å²) in [5.41, 5.74) is 0. The second-order valence-electron chi connectivity index (χ2n) is 1.91. The molecule has 0 aliphatic heterocycles. The van der Waals surface area contributed by atoms with Crippen molar-refractivity contribution in [2.24, 2.45) is 0 Å². The average Bonchev–Trinajstić information content (AvgIpc) is 2.82. The van der Waals surface area contributed by atoms with Gasteiger partial charge in [-0.15, -0.1) is 0 Å². The second kappa shape index (κ2) is 10.4. The number of pyridine rings is 1. The molecule has 0 unspecified atom stereocenters. The van der Waals surface area contributed by atoms with Crippen LogP contribution in [0.4, 0.5) is 0 Å². The molecule has 0 saturated heterocycles. The molecule has 3 nitrogen and oxygen atoms in total. The van der Waals surface area contributed by atoms with E-state index in [0.717, 1.165) is 7.11 Å². The lowest BCUT2D eigenvalue weighted by Crippen LogP contribution is -1.58. The van der Waals surface area contributed by atoms with Gasteiger partial charge in [-0.25, -0.2) is 0 Å². The van der Waals surface area contributed by atoms with Crippen molar-refractivity contribution in [2.75, 3.05) is 7.11 Å². The van der Waals surface area contributed by atoms with Crippen LogP contribution in [0.5, 0.6) is 0 Å². The minimum atomic E-state index is 1.00. The van der Waals surface area contributed by atoms with Gasteiger partial charge in [-0.2, -0.15) is 0 Å². The van der Waals surface area contributed by atoms with Crippen molar-refractivity contribution in [3.63, 3.8) is 0 Å². The Hall–Kier alpha value is -1.61. The zero-order valence-electron chi connectivity index (χ0n) is 7.59. The predicted molar refractivity (Wildman–Crippen MR) is 53.2 cm³/mol. The van der Waals surface area contributed by atoms with Gasteiger partial charge in [0.2, 0.25) is 0 Å². The Kier molecular flexibility index (Phi) is 9.10. The molecular weight excluding hydrogens is 164 g/mol. The zero-order valence-corrected chi connectivity index (χ0v) is 7.59. The Morgan fingerprint density at radius 3 is 1.54 bits per heavy atom.